The summed E-state index contributed by atoms with van der Waals surface area (Å²) in [6.07, 6.45) is 9.76. The first kappa shape index (κ1) is 19.0. The van der Waals surface area contributed by atoms with Crippen molar-refractivity contribution in [3.8, 4) is 0 Å². The fourth-order valence-corrected chi connectivity index (χ4v) is 4.49. The average Bonchev–Trinajstić information content (AvgIpc) is 3.43. The van der Waals surface area contributed by atoms with E-state index < -0.39 is 0 Å². The first-order valence-electron chi connectivity index (χ1n) is 10.4. The summed E-state index contributed by atoms with van der Waals surface area (Å²) in [5.41, 5.74) is 0. The Kier molecular flexibility index (Phi) is 6.61. The predicted octanol–water partition coefficient (Wildman–Crippen LogP) is 3.14. The minimum absolute atomic E-state index is 0.111. The molecule has 1 heterocycles. The topological polar surface area (TPSA) is 53.6 Å². The third kappa shape index (κ3) is 5.10. The van der Waals surface area contributed by atoms with Gasteiger partial charge in [-0.1, -0.05) is 13.8 Å². The number of rotatable bonds is 6. The molecule has 1 unspecified atom stereocenters. The summed E-state index contributed by atoms with van der Waals surface area (Å²) in [5.74, 6) is 1.65. The quantitative estimate of drug-likeness (QED) is 0.773. The lowest BCUT2D eigenvalue weighted by Gasteiger charge is -2.42. The van der Waals surface area contributed by atoms with Crippen molar-refractivity contribution in [3.63, 3.8) is 0 Å². The van der Waals surface area contributed by atoms with Crippen LogP contribution < -0.4 is 10.6 Å². The lowest BCUT2D eigenvalue weighted by Crippen LogP contribution is -2.59. The molecule has 2 saturated carbocycles. The Balaban J connectivity index is 1.52. The van der Waals surface area contributed by atoms with Crippen molar-refractivity contribution in [2.24, 2.45) is 11.8 Å². The molecule has 2 N–H and O–H groups in total. The van der Waals surface area contributed by atoms with E-state index in [0.717, 1.165) is 44.1 Å². The summed E-state index contributed by atoms with van der Waals surface area (Å²) in [7, 11) is 2.01. The van der Waals surface area contributed by atoms with Crippen LogP contribution >= 0.6 is 0 Å². The minimum atomic E-state index is 0.111. The molecule has 0 aromatic heterocycles. The minimum Gasteiger partial charge on any atom is -0.376 e. The maximum atomic E-state index is 12.6. The molecule has 3 aliphatic rings. The molecular formula is C20H37N3O2. The zero-order valence-electron chi connectivity index (χ0n) is 16.3. The van der Waals surface area contributed by atoms with Gasteiger partial charge in [-0.25, -0.2) is 4.79 Å². The average molecular weight is 352 g/mol. The molecule has 144 valence electrons. The number of amides is 2. The van der Waals surface area contributed by atoms with E-state index in [1.807, 2.05) is 11.9 Å². The van der Waals surface area contributed by atoms with Crippen LogP contribution in [0.5, 0.6) is 0 Å². The Bertz CT molecular complexity index is 431. The molecule has 0 radical (unpaired) electrons. The van der Waals surface area contributed by atoms with Crippen molar-refractivity contribution in [3.05, 3.63) is 0 Å². The van der Waals surface area contributed by atoms with E-state index in [1.54, 1.807) is 0 Å². The second-order valence-corrected chi connectivity index (χ2v) is 8.64. The first-order chi connectivity index (χ1) is 12.1. The van der Waals surface area contributed by atoms with Gasteiger partial charge in [-0.2, -0.15) is 0 Å². The Morgan fingerprint density at radius 3 is 2.44 bits per heavy atom. The van der Waals surface area contributed by atoms with Crippen LogP contribution in [-0.4, -0.2) is 55.4 Å². The SMILES string of the molecule is CNC1CCCN(C(=O)NC2CC2)[C@H]1CO[C@H]1CC[C@@H](C(C)C)CC1. The molecule has 1 aliphatic heterocycles. The molecule has 0 spiro atoms. The lowest BCUT2D eigenvalue weighted by atomic mass is 9.80. The van der Waals surface area contributed by atoms with E-state index in [4.69, 9.17) is 4.74 Å². The van der Waals surface area contributed by atoms with Gasteiger partial charge in [-0.15, -0.1) is 0 Å². The molecule has 25 heavy (non-hydrogen) atoms. The number of hydrogen-bond acceptors (Lipinski definition) is 3. The van der Waals surface area contributed by atoms with E-state index in [0.29, 0.717) is 24.8 Å². The van der Waals surface area contributed by atoms with Crippen LogP contribution in [0.2, 0.25) is 0 Å². The van der Waals surface area contributed by atoms with Crippen molar-refractivity contribution in [2.45, 2.75) is 89.4 Å². The van der Waals surface area contributed by atoms with Crippen LogP contribution in [0.15, 0.2) is 0 Å². The van der Waals surface area contributed by atoms with Crippen molar-refractivity contribution >= 4 is 6.03 Å². The van der Waals surface area contributed by atoms with Gasteiger partial charge in [0.25, 0.3) is 0 Å². The first-order valence-corrected chi connectivity index (χ1v) is 10.4. The van der Waals surface area contributed by atoms with E-state index in [2.05, 4.69) is 24.5 Å². The number of nitrogens with one attached hydrogen (secondary N) is 2. The molecule has 1 saturated heterocycles. The summed E-state index contributed by atoms with van der Waals surface area (Å²) in [6, 6.07) is 1.01. The maximum absolute atomic E-state index is 12.6. The third-order valence-corrected chi connectivity index (χ3v) is 6.48. The molecule has 2 atom stereocenters. The van der Waals surface area contributed by atoms with Gasteiger partial charge in [-0.3, -0.25) is 0 Å². The Labute approximate surface area is 153 Å². The van der Waals surface area contributed by atoms with Gasteiger partial charge >= 0.3 is 6.03 Å². The number of hydrogen-bond donors (Lipinski definition) is 2. The molecule has 0 aromatic rings. The van der Waals surface area contributed by atoms with Gasteiger partial charge in [0.1, 0.15) is 0 Å². The number of carbonyl (C=O) groups is 1. The number of carbonyl (C=O) groups excluding carboxylic acids is 1. The molecule has 5 heteroatoms. The van der Waals surface area contributed by atoms with Gasteiger partial charge < -0.3 is 20.3 Å². The summed E-state index contributed by atoms with van der Waals surface area (Å²) in [5, 5.41) is 6.57. The largest absolute Gasteiger partial charge is 0.376 e. The van der Waals surface area contributed by atoms with E-state index in [1.165, 1.54) is 25.7 Å². The monoisotopic (exact) mass is 351 g/mol. The smallest absolute Gasteiger partial charge is 0.317 e. The van der Waals surface area contributed by atoms with Gasteiger partial charge in [0, 0.05) is 18.6 Å². The van der Waals surface area contributed by atoms with Gasteiger partial charge in [0.2, 0.25) is 0 Å². The zero-order valence-corrected chi connectivity index (χ0v) is 16.3. The molecule has 3 rings (SSSR count). The second-order valence-electron chi connectivity index (χ2n) is 8.64. The number of urea groups is 1. The lowest BCUT2D eigenvalue weighted by molar-refractivity contribution is -0.0254. The Morgan fingerprint density at radius 1 is 1.12 bits per heavy atom. The van der Waals surface area contributed by atoms with Crippen LogP contribution in [0.25, 0.3) is 0 Å². The molecule has 2 aliphatic carbocycles. The van der Waals surface area contributed by atoms with Crippen LogP contribution in [0, 0.1) is 11.8 Å². The summed E-state index contributed by atoms with van der Waals surface area (Å²) in [4.78, 5) is 14.7. The molecule has 0 aromatic carbocycles. The third-order valence-electron chi connectivity index (χ3n) is 6.48. The summed E-state index contributed by atoms with van der Waals surface area (Å²) < 4.78 is 6.32. The molecule has 5 nitrogen and oxygen atoms in total. The number of likely N-dealkylation sites (tertiary alicyclic amines) is 1. The number of likely N-dealkylation sites (N-methyl/N-ethyl adjacent to an activating group) is 1. The van der Waals surface area contributed by atoms with Crippen molar-refractivity contribution < 1.29 is 9.53 Å². The number of ether oxygens (including phenoxy) is 1. The predicted molar refractivity (Wildman–Crippen MR) is 101 cm³/mol. The highest BCUT2D eigenvalue weighted by Gasteiger charge is 2.36. The van der Waals surface area contributed by atoms with Gasteiger partial charge in [-0.05, 0) is 70.3 Å². The van der Waals surface area contributed by atoms with E-state index >= 15 is 0 Å². The van der Waals surface area contributed by atoms with Crippen LogP contribution in [0.4, 0.5) is 4.79 Å². The molecule has 3 fully saturated rings. The highest BCUT2D eigenvalue weighted by atomic mass is 16.5. The normalized spacial score (nSPS) is 33.5. The van der Waals surface area contributed by atoms with Gasteiger partial charge in [0.05, 0.1) is 18.8 Å². The summed E-state index contributed by atoms with van der Waals surface area (Å²) >= 11 is 0. The van der Waals surface area contributed by atoms with Crippen molar-refractivity contribution in [1.82, 2.24) is 15.5 Å². The van der Waals surface area contributed by atoms with Crippen molar-refractivity contribution in [1.29, 1.82) is 0 Å². The summed E-state index contributed by atoms with van der Waals surface area (Å²) in [6.45, 7) is 6.19. The number of nitrogens with zero attached hydrogens (tertiary/aromatic N) is 1. The standard InChI is InChI=1S/C20H37N3O2/c1-14(2)15-6-10-17(11-7-15)25-13-19-18(21-3)5-4-12-23(19)20(24)22-16-8-9-16/h14-19,21H,4-13H2,1-3H3,(H,22,24)/t15-,17+,18?,19-/m0/s1. The Hall–Kier alpha value is -0.810. The van der Waals surface area contributed by atoms with Crippen LogP contribution in [-0.2, 0) is 4.74 Å². The van der Waals surface area contributed by atoms with Gasteiger partial charge in [0.15, 0.2) is 0 Å². The molecule has 2 amide bonds. The van der Waals surface area contributed by atoms with Crippen LogP contribution in [0.3, 0.4) is 0 Å². The Morgan fingerprint density at radius 2 is 1.84 bits per heavy atom. The maximum Gasteiger partial charge on any atom is 0.317 e. The van der Waals surface area contributed by atoms with Crippen molar-refractivity contribution in [2.75, 3.05) is 20.2 Å². The number of piperidine rings is 1. The highest BCUT2D eigenvalue weighted by molar-refractivity contribution is 5.75. The van der Waals surface area contributed by atoms with Crippen LogP contribution in [0.1, 0.15) is 65.2 Å². The fourth-order valence-electron chi connectivity index (χ4n) is 4.49. The van der Waals surface area contributed by atoms with E-state index in [9.17, 15) is 4.79 Å². The highest BCUT2D eigenvalue weighted by Crippen LogP contribution is 2.32. The van der Waals surface area contributed by atoms with E-state index in [-0.39, 0.29) is 12.1 Å². The molecule has 0 bridgehead atoms. The zero-order chi connectivity index (χ0) is 17.8. The molecular weight excluding hydrogens is 314 g/mol. The second kappa shape index (κ2) is 8.72. The fraction of sp³-hybridized carbons (Fsp3) is 0.950.